The van der Waals surface area contributed by atoms with E-state index in [4.69, 9.17) is 0 Å². The Kier molecular flexibility index (Phi) is 2.86. The Morgan fingerprint density at radius 3 is 1.65 bits per heavy atom. The monoisotopic (exact) mass is 311 g/mol. The fourth-order valence-electron chi connectivity index (χ4n) is 4.51. The van der Waals surface area contributed by atoms with Gasteiger partial charge in [0.05, 0.1) is 17.5 Å². The summed E-state index contributed by atoms with van der Waals surface area (Å²) in [5, 5.41) is 0. The Hall–Kier alpha value is -2.30. The molecular weight excluding hydrogens is 294 g/mol. The van der Waals surface area contributed by atoms with E-state index in [1.165, 1.54) is 4.90 Å². The summed E-state index contributed by atoms with van der Waals surface area (Å²) in [4.78, 5) is 51.1. The number of carbonyl (C=O) groups is 4. The van der Waals surface area contributed by atoms with Crippen LogP contribution in [0.2, 0.25) is 0 Å². The van der Waals surface area contributed by atoms with Crippen LogP contribution in [0.15, 0.2) is 18.2 Å². The zero-order chi connectivity index (χ0) is 16.5. The SMILES string of the molecule is Cc1cc(C)cc(N2C(=O)[C@@H]3[C@@H](C2=O)[C@H]2CC(=O)[C@@H]3CC2=O)c1. The number of ketones is 2. The molecule has 5 heteroatoms. The van der Waals surface area contributed by atoms with E-state index in [-0.39, 0.29) is 36.2 Å². The van der Waals surface area contributed by atoms with E-state index >= 15 is 0 Å². The highest BCUT2D eigenvalue weighted by molar-refractivity contribution is 6.25. The second kappa shape index (κ2) is 4.60. The number of benzene rings is 1. The minimum atomic E-state index is -0.646. The van der Waals surface area contributed by atoms with Crippen molar-refractivity contribution in [1.29, 1.82) is 0 Å². The number of anilines is 1. The number of fused-ring (bicyclic) bond motifs is 2. The number of rotatable bonds is 1. The molecule has 0 radical (unpaired) electrons. The number of imide groups is 1. The third kappa shape index (κ3) is 1.85. The highest BCUT2D eigenvalue weighted by Gasteiger charge is 2.63. The molecule has 1 aliphatic heterocycles. The van der Waals surface area contributed by atoms with E-state index in [2.05, 4.69) is 0 Å². The van der Waals surface area contributed by atoms with Crippen molar-refractivity contribution in [2.75, 3.05) is 4.90 Å². The fourth-order valence-corrected chi connectivity index (χ4v) is 4.51. The first kappa shape index (κ1) is 14.3. The van der Waals surface area contributed by atoms with E-state index in [1.807, 2.05) is 19.9 Å². The van der Waals surface area contributed by atoms with Crippen molar-refractivity contribution >= 4 is 29.1 Å². The van der Waals surface area contributed by atoms with Crippen molar-refractivity contribution in [3.8, 4) is 0 Å². The van der Waals surface area contributed by atoms with Crippen LogP contribution in [0.3, 0.4) is 0 Å². The minimum absolute atomic E-state index is 0.0423. The van der Waals surface area contributed by atoms with Crippen LogP contribution in [0.4, 0.5) is 5.69 Å². The molecule has 0 N–H and O–H groups in total. The lowest BCUT2D eigenvalue weighted by Gasteiger charge is -2.40. The smallest absolute Gasteiger partial charge is 0.238 e. The summed E-state index contributed by atoms with van der Waals surface area (Å²) in [7, 11) is 0. The second-order valence-electron chi connectivity index (χ2n) is 6.96. The summed E-state index contributed by atoms with van der Waals surface area (Å²) in [6, 6.07) is 5.57. The van der Waals surface area contributed by atoms with Crippen LogP contribution in [0.5, 0.6) is 0 Å². The number of amides is 2. The van der Waals surface area contributed by atoms with Gasteiger partial charge in [-0.2, -0.15) is 0 Å². The Bertz CT molecular complexity index is 721. The van der Waals surface area contributed by atoms with Gasteiger partial charge in [-0.3, -0.25) is 19.2 Å². The Morgan fingerprint density at radius 2 is 1.22 bits per heavy atom. The van der Waals surface area contributed by atoms with Gasteiger partial charge in [0.2, 0.25) is 11.8 Å². The van der Waals surface area contributed by atoms with Crippen molar-refractivity contribution in [3.05, 3.63) is 29.3 Å². The summed E-state index contributed by atoms with van der Waals surface area (Å²) in [6.45, 7) is 3.82. The third-order valence-corrected chi connectivity index (χ3v) is 5.40. The third-order valence-electron chi connectivity index (χ3n) is 5.40. The van der Waals surface area contributed by atoms with Gasteiger partial charge >= 0.3 is 0 Å². The van der Waals surface area contributed by atoms with Crippen LogP contribution in [0.25, 0.3) is 0 Å². The van der Waals surface area contributed by atoms with E-state index in [0.717, 1.165) is 11.1 Å². The largest absolute Gasteiger partial charge is 0.299 e. The number of nitrogens with zero attached hydrogens (tertiary/aromatic N) is 1. The average molecular weight is 311 g/mol. The van der Waals surface area contributed by atoms with Crippen LogP contribution in [-0.2, 0) is 19.2 Å². The second-order valence-corrected chi connectivity index (χ2v) is 6.96. The van der Waals surface area contributed by atoms with E-state index in [9.17, 15) is 19.2 Å². The van der Waals surface area contributed by atoms with Crippen LogP contribution in [0.1, 0.15) is 24.0 Å². The van der Waals surface area contributed by atoms with Gasteiger partial charge in [-0.05, 0) is 37.1 Å². The molecule has 1 aromatic carbocycles. The molecule has 5 rings (SSSR count). The van der Waals surface area contributed by atoms with Crippen LogP contribution >= 0.6 is 0 Å². The molecule has 0 aromatic heterocycles. The number of aryl methyl sites for hydroxylation is 2. The van der Waals surface area contributed by atoms with Crippen LogP contribution < -0.4 is 4.90 Å². The van der Waals surface area contributed by atoms with E-state index < -0.39 is 23.7 Å². The van der Waals surface area contributed by atoms with Gasteiger partial charge in [-0.1, -0.05) is 6.07 Å². The summed E-state index contributed by atoms with van der Waals surface area (Å²) in [5.41, 5.74) is 2.47. The van der Waals surface area contributed by atoms with Crippen molar-refractivity contribution < 1.29 is 19.2 Å². The molecule has 1 heterocycles. The van der Waals surface area contributed by atoms with E-state index in [0.29, 0.717) is 5.69 Å². The first-order valence-corrected chi connectivity index (χ1v) is 7.90. The first-order valence-electron chi connectivity index (χ1n) is 7.90. The maximum Gasteiger partial charge on any atom is 0.238 e. The maximum absolute atomic E-state index is 12.9. The van der Waals surface area contributed by atoms with Crippen molar-refractivity contribution in [2.24, 2.45) is 23.7 Å². The molecule has 0 unspecified atom stereocenters. The molecule has 23 heavy (non-hydrogen) atoms. The molecule has 3 saturated carbocycles. The Labute approximate surface area is 133 Å². The number of Topliss-reactive ketones (excluding diaryl/α,β-unsaturated/α-hetero) is 2. The quantitative estimate of drug-likeness (QED) is 0.738. The molecule has 3 aliphatic carbocycles. The van der Waals surface area contributed by atoms with Gasteiger partial charge in [0.25, 0.3) is 0 Å². The van der Waals surface area contributed by atoms with Gasteiger partial charge in [0, 0.05) is 24.7 Å². The topological polar surface area (TPSA) is 71.5 Å². The minimum Gasteiger partial charge on any atom is -0.299 e. The summed E-state index contributed by atoms with van der Waals surface area (Å²) in [6.07, 6.45) is 0.231. The fraction of sp³-hybridized carbons (Fsp3) is 0.444. The van der Waals surface area contributed by atoms with Gasteiger partial charge in [0.15, 0.2) is 0 Å². The predicted molar refractivity (Wildman–Crippen MR) is 81.6 cm³/mol. The molecular formula is C18H17NO4. The summed E-state index contributed by atoms with van der Waals surface area (Å²) >= 11 is 0. The zero-order valence-corrected chi connectivity index (χ0v) is 13.0. The van der Waals surface area contributed by atoms with E-state index in [1.54, 1.807) is 12.1 Å². The molecule has 1 saturated heterocycles. The van der Waals surface area contributed by atoms with Gasteiger partial charge in [0.1, 0.15) is 11.6 Å². The molecule has 118 valence electrons. The molecule has 1 aromatic rings. The van der Waals surface area contributed by atoms with Gasteiger partial charge < -0.3 is 0 Å². The molecule has 5 nitrogen and oxygen atoms in total. The zero-order valence-electron chi connectivity index (χ0n) is 13.0. The lowest BCUT2D eigenvalue weighted by molar-refractivity contribution is -0.153. The lowest BCUT2D eigenvalue weighted by atomic mass is 9.58. The lowest BCUT2D eigenvalue weighted by Crippen LogP contribution is -2.51. The molecule has 4 atom stereocenters. The maximum atomic E-state index is 12.9. The Morgan fingerprint density at radius 1 is 0.783 bits per heavy atom. The number of hydrogen-bond acceptors (Lipinski definition) is 4. The highest BCUT2D eigenvalue weighted by Crippen LogP contribution is 2.50. The molecule has 4 aliphatic rings. The van der Waals surface area contributed by atoms with Crippen molar-refractivity contribution in [3.63, 3.8) is 0 Å². The average Bonchev–Trinajstić information content (AvgIpc) is 2.72. The molecule has 0 spiro atoms. The molecule has 2 bridgehead atoms. The number of hydrogen-bond donors (Lipinski definition) is 0. The van der Waals surface area contributed by atoms with Gasteiger partial charge in [-0.25, -0.2) is 4.90 Å². The van der Waals surface area contributed by atoms with Crippen LogP contribution in [-0.4, -0.2) is 23.4 Å². The molecule has 4 fully saturated rings. The standard InChI is InChI=1S/C18H17NO4/c1-8-3-9(2)5-10(4-8)19-17(22)15-11-6-13(20)12(7-14(11)21)16(15)18(19)23/h3-5,11-12,15-16H,6-7H2,1-2H3/t11-,12-,15-,16-/m0/s1. The summed E-state index contributed by atoms with van der Waals surface area (Å²) in [5.74, 6) is -3.23. The highest BCUT2D eigenvalue weighted by atomic mass is 16.2. The summed E-state index contributed by atoms with van der Waals surface area (Å²) < 4.78 is 0. The first-order chi connectivity index (χ1) is 10.9. The van der Waals surface area contributed by atoms with Crippen molar-refractivity contribution in [2.45, 2.75) is 26.7 Å². The Balaban J connectivity index is 1.80. The van der Waals surface area contributed by atoms with Crippen molar-refractivity contribution in [1.82, 2.24) is 0 Å². The normalized spacial score (nSPS) is 32.7. The van der Waals surface area contributed by atoms with Crippen LogP contribution in [0, 0.1) is 37.5 Å². The van der Waals surface area contributed by atoms with Gasteiger partial charge in [-0.15, -0.1) is 0 Å². The number of carbonyl (C=O) groups excluding carboxylic acids is 4. The molecule has 2 amide bonds. The predicted octanol–water partition coefficient (Wildman–Crippen LogP) is 1.59.